The fourth-order valence-corrected chi connectivity index (χ4v) is 4.00. The molecule has 7 nitrogen and oxygen atoms in total. The lowest BCUT2D eigenvalue weighted by Gasteiger charge is -2.18. The van der Waals surface area contributed by atoms with Crippen LogP contribution < -0.4 is 0 Å². The summed E-state index contributed by atoms with van der Waals surface area (Å²) in [5.74, 6) is 2.21. The maximum Gasteiger partial charge on any atom is 0.300 e. The molecule has 4 rings (SSSR count). The van der Waals surface area contributed by atoms with Gasteiger partial charge in [0.25, 0.3) is 11.9 Å². The predicted molar refractivity (Wildman–Crippen MR) is 75.1 cm³/mol. The van der Waals surface area contributed by atoms with Gasteiger partial charge in [-0.15, -0.1) is 0 Å². The monoisotopic (exact) mass is 308 g/mol. The maximum atomic E-state index is 12.2. The number of aromatic nitrogens is 1. The van der Waals surface area contributed by atoms with Gasteiger partial charge in [-0.2, -0.15) is 0 Å². The largest absolute Gasteiger partial charge is 0.481 e. The first kappa shape index (κ1) is 15.0. The van der Waals surface area contributed by atoms with Crippen LogP contribution in [0.2, 0.25) is 0 Å². The number of carboxylic acid groups (broad SMARTS) is 1. The number of amides is 1. The van der Waals surface area contributed by atoms with Crippen LogP contribution in [0.4, 0.5) is 0 Å². The molecule has 0 radical (unpaired) electrons. The molecular formula is C15H20N2O5. The molecule has 1 N–H and O–H groups in total. The van der Waals surface area contributed by atoms with Crippen molar-refractivity contribution in [3.05, 3.63) is 18.0 Å². The number of aliphatic carboxylic acids is 1. The van der Waals surface area contributed by atoms with E-state index in [9.17, 15) is 4.79 Å². The number of rotatable bonds is 1. The quantitative estimate of drug-likeness (QED) is 0.835. The van der Waals surface area contributed by atoms with Crippen molar-refractivity contribution >= 4 is 11.9 Å². The number of likely N-dealkylation sites (tertiary alicyclic amines) is 1. The smallest absolute Gasteiger partial charge is 0.300 e. The number of carbonyl (C=O) groups excluding carboxylic acids is 1. The average Bonchev–Trinajstić information content (AvgIpc) is 3.19. The van der Waals surface area contributed by atoms with Crippen LogP contribution in [0.5, 0.6) is 0 Å². The van der Waals surface area contributed by atoms with Gasteiger partial charge < -0.3 is 19.3 Å². The van der Waals surface area contributed by atoms with E-state index in [0.29, 0.717) is 23.5 Å². The number of carboxylic acids is 1. The highest BCUT2D eigenvalue weighted by Gasteiger charge is 2.51. The molecule has 3 aliphatic rings. The zero-order valence-electron chi connectivity index (χ0n) is 12.5. The number of hydrogen-bond acceptors (Lipinski definition) is 5. The van der Waals surface area contributed by atoms with Crippen LogP contribution in [-0.4, -0.2) is 53.3 Å². The van der Waals surface area contributed by atoms with E-state index in [1.807, 2.05) is 4.90 Å². The lowest BCUT2D eigenvalue weighted by atomic mass is 9.91. The second-order valence-electron chi connectivity index (χ2n) is 6.23. The van der Waals surface area contributed by atoms with Gasteiger partial charge in [0.1, 0.15) is 0 Å². The highest BCUT2D eigenvalue weighted by Crippen LogP contribution is 2.48. The first-order chi connectivity index (χ1) is 10.6. The van der Waals surface area contributed by atoms with E-state index in [4.69, 9.17) is 19.2 Å². The molecule has 7 heteroatoms. The van der Waals surface area contributed by atoms with E-state index in [1.54, 1.807) is 6.07 Å². The van der Waals surface area contributed by atoms with E-state index in [2.05, 4.69) is 5.16 Å². The average molecular weight is 308 g/mol. The lowest BCUT2D eigenvalue weighted by molar-refractivity contribution is -0.134. The van der Waals surface area contributed by atoms with E-state index >= 15 is 0 Å². The summed E-state index contributed by atoms with van der Waals surface area (Å²) in [7, 11) is 0. The normalized spacial score (nSPS) is 32.1. The highest BCUT2D eigenvalue weighted by atomic mass is 16.5. The number of carbonyl (C=O) groups is 2. The van der Waals surface area contributed by atoms with Gasteiger partial charge in [-0.3, -0.25) is 9.59 Å². The third-order valence-corrected chi connectivity index (χ3v) is 4.83. The van der Waals surface area contributed by atoms with Gasteiger partial charge in [0.2, 0.25) is 5.76 Å². The molecule has 3 fully saturated rings. The highest BCUT2D eigenvalue weighted by molar-refractivity contribution is 5.91. The predicted octanol–water partition coefficient (Wildman–Crippen LogP) is 1.12. The van der Waals surface area contributed by atoms with Gasteiger partial charge in [-0.25, -0.2) is 0 Å². The third-order valence-electron chi connectivity index (χ3n) is 4.83. The standard InChI is InChI=1S/C13H16N2O3.C2H4O2/c16-13(12-1-2-14-18-12)15-4-8-3-9-6-17-7-11(9)10(8)5-15;1-2(3)4/h1-2,8-11H,3-7H2;1H3,(H,3,4)/t8-,9+,10+,11-;/m0./s1. The number of nitrogens with zero attached hydrogens (tertiary/aromatic N) is 2. The number of ether oxygens (including phenoxy) is 1. The fraction of sp³-hybridized carbons (Fsp3) is 0.667. The van der Waals surface area contributed by atoms with Gasteiger partial charge >= 0.3 is 0 Å². The topological polar surface area (TPSA) is 92.9 Å². The van der Waals surface area contributed by atoms with Crippen LogP contribution in [0.3, 0.4) is 0 Å². The Bertz CT molecular complexity index is 540. The van der Waals surface area contributed by atoms with Crippen LogP contribution in [0.25, 0.3) is 0 Å². The van der Waals surface area contributed by atoms with Crippen LogP contribution in [-0.2, 0) is 9.53 Å². The molecule has 0 spiro atoms. The van der Waals surface area contributed by atoms with Crippen molar-refractivity contribution in [2.75, 3.05) is 26.3 Å². The summed E-state index contributed by atoms with van der Waals surface area (Å²) >= 11 is 0. The Labute approximate surface area is 128 Å². The molecule has 22 heavy (non-hydrogen) atoms. The molecule has 2 aliphatic heterocycles. The zero-order chi connectivity index (χ0) is 15.7. The maximum absolute atomic E-state index is 12.2. The summed E-state index contributed by atoms with van der Waals surface area (Å²) < 4.78 is 10.5. The first-order valence-electron chi connectivity index (χ1n) is 7.53. The van der Waals surface area contributed by atoms with Crippen molar-refractivity contribution in [1.82, 2.24) is 10.1 Å². The molecule has 1 aromatic rings. The van der Waals surface area contributed by atoms with Gasteiger partial charge in [-0.05, 0) is 30.1 Å². The van der Waals surface area contributed by atoms with E-state index < -0.39 is 5.97 Å². The van der Waals surface area contributed by atoms with Crippen LogP contribution in [0.15, 0.2) is 16.8 Å². The number of hydrogen-bond donors (Lipinski definition) is 1. The summed E-state index contributed by atoms with van der Waals surface area (Å²) in [6, 6.07) is 1.64. The van der Waals surface area contributed by atoms with E-state index in [1.165, 1.54) is 12.6 Å². The Morgan fingerprint density at radius 3 is 2.73 bits per heavy atom. The zero-order valence-corrected chi connectivity index (χ0v) is 12.5. The Morgan fingerprint density at radius 1 is 1.27 bits per heavy atom. The van der Waals surface area contributed by atoms with Crippen LogP contribution in [0, 0.1) is 23.7 Å². The minimum absolute atomic E-state index is 0.0163. The first-order valence-corrected chi connectivity index (χ1v) is 7.53. The lowest BCUT2D eigenvalue weighted by Crippen LogP contribution is -2.31. The molecule has 3 heterocycles. The molecule has 1 amide bonds. The third kappa shape index (κ3) is 2.85. The van der Waals surface area contributed by atoms with Crippen molar-refractivity contribution in [2.24, 2.45) is 23.7 Å². The van der Waals surface area contributed by atoms with Gasteiger partial charge in [0.05, 0.1) is 12.8 Å². The SMILES string of the molecule is CC(=O)O.O=C(c1ccno1)N1C[C@@H]2C[C@@H]3COC[C@@H]3[C@@H]2C1. The Kier molecular flexibility index (Phi) is 4.15. The molecule has 0 bridgehead atoms. The second-order valence-corrected chi connectivity index (χ2v) is 6.23. The van der Waals surface area contributed by atoms with Gasteiger partial charge in [-0.1, -0.05) is 5.16 Å². The minimum Gasteiger partial charge on any atom is -0.481 e. The Balaban J connectivity index is 0.000000325. The summed E-state index contributed by atoms with van der Waals surface area (Å²) in [6.45, 7) is 4.62. The van der Waals surface area contributed by atoms with Crippen molar-refractivity contribution in [3.8, 4) is 0 Å². The summed E-state index contributed by atoms with van der Waals surface area (Å²) in [4.78, 5) is 23.1. The van der Waals surface area contributed by atoms with Gasteiger partial charge in [0.15, 0.2) is 0 Å². The molecule has 1 aliphatic carbocycles. The Morgan fingerprint density at radius 2 is 2.05 bits per heavy atom. The number of fused-ring (bicyclic) bond motifs is 3. The van der Waals surface area contributed by atoms with Crippen LogP contribution >= 0.6 is 0 Å². The minimum atomic E-state index is -0.833. The molecular weight excluding hydrogens is 288 g/mol. The van der Waals surface area contributed by atoms with Crippen molar-refractivity contribution in [2.45, 2.75) is 13.3 Å². The molecule has 1 saturated carbocycles. The second kappa shape index (κ2) is 6.08. The molecule has 4 atom stereocenters. The summed E-state index contributed by atoms with van der Waals surface area (Å²) in [6.07, 6.45) is 2.74. The van der Waals surface area contributed by atoms with Gasteiger partial charge in [0, 0.05) is 32.7 Å². The Hall–Kier alpha value is -1.89. The molecule has 0 aromatic carbocycles. The van der Waals surface area contributed by atoms with Crippen molar-refractivity contribution in [1.29, 1.82) is 0 Å². The summed E-state index contributed by atoms with van der Waals surface area (Å²) in [5, 5.41) is 11.0. The molecule has 0 unspecified atom stereocenters. The molecule has 2 saturated heterocycles. The molecule has 120 valence electrons. The van der Waals surface area contributed by atoms with E-state index in [-0.39, 0.29) is 5.91 Å². The van der Waals surface area contributed by atoms with Crippen LogP contribution in [0.1, 0.15) is 23.9 Å². The van der Waals surface area contributed by atoms with Crippen molar-refractivity contribution in [3.63, 3.8) is 0 Å². The fourth-order valence-electron chi connectivity index (χ4n) is 4.00. The van der Waals surface area contributed by atoms with Crippen molar-refractivity contribution < 1.29 is 24.0 Å². The summed E-state index contributed by atoms with van der Waals surface area (Å²) in [5.41, 5.74) is 0. The molecule has 1 aromatic heterocycles. The van der Waals surface area contributed by atoms with E-state index in [0.717, 1.165) is 39.1 Å².